The molecule has 54 valence electrons. The fourth-order valence-corrected chi connectivity index (χ4v) is 0.651. The third-order valence-corrected chi connectivity index (χ3v) is 1.08. The number of hydrogen-bond acceptors (Lipinski definition) is 3. The monoisotopic (exact) mass is 138 g/mol. The highest BCUT2D eigenvalue weighted by Crippen LogP contribution is 2.02. The molecule has 3 nitrogen and oxygen atoms in total. The van der Waals surface area contributed by atoms with Gasteiger partial charge in [0.15, 0.2) is 0 Å². The van der Waals surface area contributed by atoms with Crippen molar-refractivity contribution in [1.29, 1.82) is 0 Å². The molecule has 0 fully saturated rings. The van der Waals surface area contributed by atoms with Crippen molar-refractivity contribution in [2.45, 2.75) is 6.92 Å². The van der Waals surface area contributed by atoms with Gasteiger partial charge in [-0.15, -0.1) is 0 Å². The largest absolute Gasteiger partial charge is 0.460 e. The number of rotatable bonds is 2. The Morgan fingerprint density at radius 1 is 1.60 bits per heavy atom. The van der Waals surface area contributed by atoms with E-state index in [9.17, 15) is 0 Å². The van der Waals surface area contributed by atoms with Gasteiger partial charge in [-0.25, -0.2) is 0 Å². The molecule has 0 aromatic carbocycles. The van der Waals surface area contributed by atoms with Crippen LogP contribution in [0, 0.1) is 6.92 Å². The molecule has 0 aliphatic carbocycles. The average Bonchev–Trinajstić information content (AvgIpc) is 2.31. The Kier molecular flexibility index (Phi) is 2.10. The molecule has 0 aliphatic heterocycles. The summed E-state index contributed by atoms with van der Waals surface area (Å²) in [5.74, 6) is 1.67. The van der Waals surface area contributed by atoms with Crippen molar-refractivity contribution >= 4 is 6.21 Å². The summed E-state index contributed by atoms with van der Waals surface area (Å²) in [6.45, 7) is 1.90. The van der Waals surface area contributed by atoms with Crippen LogP contribution in [0.4, 0.5) is 0 Å². The van der Waals surface area contributed by atoms with Crippen LogP contribution < -0.4 is 5.43 Å². The summed E-state index contributed by atoms with van der Waals surface area (Å²) in [7, 11) is 1.74. The lowest BCUT2D eigenvalue weighted by Crippen LogP contribution is -1.93. The molecule has 0 unspecified atom stereocenters. The number of hydrazone groups is 1. The summed E-state index contributed by atoms with van der Waals surface area (Å²) in [4.78, 5) is 0. The number of aryl methyl sites for hydroxylation is 1. The molecule has 3 heteroatoms. The van der Waals surface area contributed by atoms with Crippen molar-refractivity contribution in [3.63, 3.8) is 0 Å². The summed E-state index contributed by atoms with van der Waals surface area (Å²) >= 11 is 0. The van der Waals surface area contributed by atoms with Gasteiger partial charge in [0, 0.05) is 7.05 Å². The van der Waals surface area contributed by atoms with E-state index >= 15 is 0 Å². The van der Waals surface area contributed by atoms with Crippen LogP contribution >= 0.6 is 0 Å². The maximum absolute atomic E-state index is 5.20. The molecule has 1 N–H and O–H groups in total. The molecule has 10 heavy (non-hydrogen) atoms. The smallest absolute Gasteiger partial charge is 0.147 e. The first kappa shape index (κ1) is 6.86. The predicted molar refractivity (Wildman–Crippen MR) is 40.1 cm³/mol. The Morgan fingerprint density at radius 3 is 2.90 bits per heavy atom. The molecular weight excluding hydrogens is 128 g/mol. The van der Waals surface area contributed by atoms with E-state index in [1.54, 1.807) is 13.3 Å². The van der Waals surface area contributed by atoms with Crippen molar-refractivity contribution in [2.24, 2.45) is 5.10 Å². The lowest BCUT2D eigenvalue weighted by Gasteiger charge is -1.84. The molecule has 0 radical (unpaired) electrons. The molecule has 0 saturated heterocycles. The fourth-order valence-electron chi connectivity index (χ4n) is 0.651. The van der Waals surface area contributed by atoms with Crippen LogP contribution in [0.25, 0.3) is 0 Å². The van der Waals surface area contributed by atoms with Gasteiger partial charge in [0.05, 0.1) is 6.21 Å². The van der Waals surface area contributed by atoms with E-state index in [-0.39, 0.29) is 0 Å². The number of furan rings is 1. The van der Waals surface area contributed by atoms with Crippen molar-refractivity contribution in [2.75, 3.05) is 7.05 Å². The zero-order chi connectivity index (χ0) is 7.40. The van der Waals surface area contributed by atoms with Crippen molar-refractivity contribution in [3.05, 3.63) is 23.7 Å². The third kappa shape index (κ3) is 1.62. The molecule has 1 heterocycles. The number of nitrogens with zero attached hydrogens (tertiary/aromatic N) is 1. The SMILES string of the molecule is CN/N=C/c1ccc(C)o1. The minimum absolute atomic E-state index is 0.770. The Bertz CT molecular complexity index is 227. The van der Waals surface area contributed by atoms with Gasteiger partial charge in [-0.2, -0.15) is 5.10 Å². The Balaban J connectivity index is 2.67. The van der Waals surface area contributed by atoms with Gasteiger partial charge < -0.3 is 9.84 Å². The van der Waals surface area contributed by atoms with Crippen molar-refractivity contribution < 1.29 is 4.42 Å². The molecule has 0 saturated carbocycles. The van der Waals surface area contributed by atoms with Gasteiger partial charge in [-0.3, -0.25) is 0 Å². The number of hydrogen-bond donors (Lipinski definition) is 1. The fraction of sp³-hybridized carbons (Fsp3) is 0.286. The van der Waals surface area contributed by atoms with E-state index in [1.807, 2.05) is 19.1 Å². The highest BCUT2D eigenvalue weighted by molar-refractivity contribution is 5.75. The van der Waals surface area contributed by atoms with E-state index < -0.39 is 0 Å². The van der Waals surface area contributed by atoms with Gasteiger partial charge in [0.2, 0.25) is 0 Å². The molecule has 0 atom stereocenters. The third-order valence-electron chi connectivity index (χ3n) is 1.08. The van der Waals surface area contributed by atoms with Gasteiger partial charge in [-0.05, 0) is 19.1 Å². The van der Waals surface area contributed by atoms with Crippen LogP contribution in [0.5, 0.6) is 0 Å². The summed E-state index contributed by atoms with van der Waals surface area (Å²) in [6.07, 6.45) is 1.63. The predicted octanol–water partition coefficient (Wildman–Crippen LogP) is 1.14. The molecule has 0 amide bonds. The van der Waals surface area contributed by atoms with Crippen LogP contribution in [0.15, 0.2) is 21.7 Å². The molecule has 1 aromatic rings. The summed E-state index contributed by atoms with van der Waals surface area (Å²) in [5, 5.41) is 3.79. The Morgan fingerprint density at radius 2 is 2.40 bits per heavy atom. The lowest BCUT2D eigenvalue weighted by molar-refractivity contribution is 0.527. The second-order valence-corrected chi connectivity index (χ2v) is 1.93. The highest BCUT2D eigenvalue weighted by atomic mass is 16.3. The molecule has 1 aromatic heterocycles. The quantitative estimate of drug-likeness (QED) is 0.491. The summed E-state index contributed by atoms with van der Waals surface area (Å²) < 4.78 is 5.20. The van der Waals surface area contributed by atoms with Crippen LogP contribution in [0.1, 0.15) is 11.5 Å². The first-order chi connectivity index (χ1) is 4.83. The summed E-state index contributed by atoms with van der Waals surface area (Å²) in [6, 6.07) is 3.77. The van der Waals surface area contributed by atoms with Crippen LogP contribution in [0.2, 0.25) is 0 Å². The van der Waals surface area contributed by atoms with Gasteiger partial charge in [0.1, 0.15) is 11.5 Å². The van der Waals surface area contributed by atoms with Crippen LogP contribution in [-0.2, 0) is 0 Å². The zero-order valence-electron chi connectivity index (χ0n) is 6.09. The van der Waals surface area contributed by atoms with Gasteiger partial charge in [0.25, 0.3) is 0 Å². The second-order valence-electron chi connectivity index (χ2n) is 1.93. The van der Waals surface area contributed by atoms with Crippen LogP contribution in [-0.4, -0.2) is 13.3 Å². The van der Waals surface area contributed by atoms with Gasteiger partial charge >= 0.3 is 0 Å². The first-order valence-electron chi connectivity index (χ1n) is 3.09. The molecule has 1 rings (SSSR count). The van der Waals surface area contributed by atoms with E-state index in [0.717, 1.165) is 11.5 Å². The second kappa shape index (κ2) is 3.06. The zero-order valence-corrected chi connectivity index (χ0v) is 6.09. The first-order valence-corrected chi connectivity index (χ1v) is 3.09. The minimum Gasteiger partial charge on any atom is -0.460 e. The maximum Gasteiger partial charge on any atom is 0.147 e. The van der Waals surface area contributed by atoms with Crippen molar-refractivity contribution in [3.8, 4) is 0 Å². The van der Waals surface area contributed by atoms with Gasteiger partial charge in [-0.1, -0.05) is 0 Å². The van der Waals surface area contributed by atoms with E-state index in [4.69, 9.17) is 4.42 Å². The standard InChI is InChI=1S/C7H10N2O/c1-6-3-4-7(10-6)5-9-8-2/h3-5,8H,1-2H3/b9-5+. The molecular formula is C7H10N2O. The highest BCUT2D eigenvalue weighted by Gasteiger charge is 1.91. The topological polar surface area (TPSA) is 37.5 Å². The van der Waals surface area contributed by atoms with E-state index in [0.29, 0.717) is 0 Å². The van der Waals surface area contributed by atoms with E-state index in [2.05, 4.69) is 10.5 Å². The van der Waals surface area contributed by atoms with Crippen LogP contribution in [0.3, 0.4) is 0 Å². The molecule has 0 aliphatic rings. The normalized spacial score (nSPS) is 10.6. The van der Waals surface area contributed by atoms with E-state index in [1.165, 1.54) is 0 Å². The lowest BCUT2D eigenvalue weighted by atomic mass is 10.4. The molecule has 0 spiro atoms. The maximum atomic E-state index is 5.20. The number of nitrogens with one attached hydrogen (secondary N) is 1. The Labute approximate surface area is 59.7 Å². The minimum atomic E-state index is 0.770. The van der Waals surface area contributed by atoms with Crippen molar-refractivity contribution in [1.82, 2.24) is 5.43 Å². The summed E-state index contributed by atoms with van der Waals surface area (Å²) in [5.41, 5.74) is 2.63. The average molecular weight is 138 g/mol. The molecule has 0 bridgehead atoms. The Hall–Kier alpha value is -1.25.